The second-order valence-corrected chi connectivity index (χ2v) is 4.99. The van der Waals surface area contributed by atoms with Crippen molar-refractivity contribution in [1.29, 1.82) is 0 Å². The molecule has 62 valence electrons. The average molecular weight is 307 g/mol. The third-order valence-electron chi connectivity index (χ3n) is 1.66. The number of thiophene rings is 1. The fourth-order valence-electron chi connectivity index (χ4n) is 1.10. The monoisotopic (exact) mass is 305 g/mol. The van der Waals surface area contributed by atoms with E-state index in [0.717, 1.165) is 19.3 Å². The molecular formula is C8H5Br2NS. The van der Waals surface area contributed by atoms with E-state index in [0.29, 0.717) is 0 Å². The quantitative estimate of drug-likeness (QED) is 0.731. The zero-order valence-electron chi connectivity index (χ0n) is 5.97. The number of hydrogen-bond acceptors (Lipinski definition) is 2. The molecule has 0 aliphatic carbocycles. The predicted octanol–water partition coefficient (Wildman–Crippen LogP) is 4.01. The van der Waals surface area contributed by atoms with Gasteiger partial charge in [0.25, 0.3) is 0 Å². The van der Waals surface area contributed by atoms with Crippen LogP contribution in [0.5, 0.6) is 0 Å². The zero-order valence-corrected chi connectivity index (χ0v) is 9.96. The van der Waals surface area contributed by atoms with Gasteiger partial charge in [-0.2, -0.15) is 0 Å². The summed E-state index contributed by atoms with van der Waals surface area (Å²) in [5.74, 6) is 0. The molecule has 1 aromatic carbocycles. The molecule has 2 aromatic rings. The molecule has 0 aliphatic rings. The van der Waals surface area contributed by atoms with Gasteiger partial charge in [-0.05, 0) is 49.4 Å². The van der Waals surface area contributed by atoms with Crippen molar-refractivity contribution >= 4 is 59.0 Å². The highest BCUT2D eigenvalue weighted by Gasteiger charge is 2.06. The van der Waals surface area contributed by atoms with Crippen molar-refractivity contribution in [1.82, 2.24) is 0 Å². The molecule has 1 aromatic heterocycles. The van der Waals surface area contributed by atoms with Crippen molar-refractivity contribution in [2.24, 2.45) is 0 Å². The number of benzene rings is 1. The molecule has 0 radical (unpaired) electrons. The van der Waals surface area contributed by atoms with E-state index in [1.807, 2.05) is 11.4 Å². The Kier molecular flexibility index (Phi) is 2.14. The molecule has 0 atom stereocenters. The van der Waals surface area contributed by atoms with Gasteiger partial charge in [-0.1, -0.05) is 0 Å². The largest absolute Gasteiger partial charge is 0.398 e. The normalized spacial score (nSPS) is 10.8. The van der Waals surface area contributed by atoms with Gasteiger partial charge in [0, 0.05) is 14.3 Å². The Morgan fingerprint density at radius 2 is 2.08 bits per heavy atom. The topological polar surface area (TPSA) is 26.0 Å². The summed E-state index contributed by atoms with van der Waals surface area (Å²) in [4.78, 5) is 0. The zero-order chi connectivity index (χ0) is 8.72. The second-order valence-electron chi connectivity index (χ2n) is 2.42. The fourth-order valence-corrected chi connectivity index (χ4v) is 2.97. The summed E-state index contributed by atoms with van der Waals surface area (Å²) >= 11 is 8.59. The van der Waals surface area contributed by atoms with E-state index in [1.54, 1.807) is 11.3 Å². The van der Waals surface area contributed by atoms with Crippen molar-refractivity contribution in [3.63, 3.8) is 0 Å². The SMILES string of the molecule is Nc1cc(Br)c(Br)c2ccsc12. The highest BCUT2D eigenvalue weighted by atomic mass is 79.9. The van der Waals surface area contributed by atoms with Crippen LogP contribution < -0.4 is 5.73 Å². The molecule has 0 amide bonds. The predicted molar refractivity (Wildman–Crippen MR) is 61.6 cm³/mol. The number of anilines is 1. The first-order valence-electron chi connectivity index (χ1n) is 3.31. The van der Waals surface area contributed by atoms with E-state index in [4.69, 9.17) is 5.73 Å². The number of hydrogen-bond donors (Lipinski definition) is 1. The first-order valence-corrected chi connectivity index (χ1v) is 5.77. The second kappa shape index (κ2) is 3.01. The highest BCUT2D eigenvalue weighted by molar-refractivity contribution is 9.13. The number of rotatable bonds is 0. The van der Waals surface area contributed by atoms with Crippen molar-refractivity contribution in [2.45, 2.75) is 0 Å². The smallest absolute Gasteiger partial charge is 0.0584 e. The number of halogens is 2. The molecule has 12 heavy (non-hydrogen) atoms. The van der Waals surface area contributed by atoms with Crippen LogP contribution in [0.15, 0.2) is 26.5 Å². The lowest BCUT2D eigenvalue weighted by Crippen LogP contribution is -1.84. The van der Waals surface area contributed by atoms with Gasteiger partial charge >= 0.3 is 0 Å². The molecule has 0 spiro atoms. The van der Waals surface area contributed by atoms with E-state index >= 15 is 0 Å². The van der Waals surface area contributed by atoms with Crippen LogP contribution in [-0.4, -0.2) is 0 Å². The molecule has 0 saturated carbocycles. The molecule has 4 heteroatoms. The minimum atomic E-state index is 0.829. The summed E-state index contributed by atoms with van der Waals surface area (Å²) in [6.07, 6.45) is 0. The molecule has 0 unspecified atom stereocenters. The van der Waals surface area contributed by atoms with Crippen molar-refractivity contribution in [3.05, 3.63) is 26.5 Å². The summed E-state index contributed by atoms with van der Waals surface area (Å²) in [5.41, 5.74) is 6.66. The van der Waals surface area contributed by atoms with Gasteiger partial charge in [0.2, 0.25) is 0 Å². The molecule has 1 heterocycles. The minimum absolute atomic E-state index is 0.829. The van der Waals surface area contributed by atoms with Gasteiger partial charge in [-0.25, -0.2) is 0 Å². The molecule has 0 fully saturated rings. The van der Waals surface area contributed by atoms with Gasteiger partial charge in [0.15, 0.2) is 0 Å². The molecule has 0 bridgehead atoms. The molecular weight excluding hydrogens is 302 g/mol. The lowest BCUT2D eigenvalue weighted by molar-refractivity contribution is 1.68. The van der Waals surface area contributed by atoms with E-state index in [1.165, 1.54) is 5.39 Å². The van der Waals surface area contributed by atoms with Gasteiger partial charge < -0.3 is 5.73 Å². The van der Waals surface area contributed by atoms with Gasteiger partial charge in [-0.3, -0.25) is 0 Å². The molecule has 1 nitrogen and oxygen atoms in total. The Balaban J connectivity index is 2.97. The van der Waals surface area contributed by atoms with Crippen LogP contribution in [0.3, 0.4) is 0 Å². The highest BCUT2D eigenvalue weighted by Crippen LogP contribution is 2.37. The lowest BCUT2D eigenvalue weighted by Gasteiger charge is -2.01. The first-order chi connectivity index (χ1) is 5.70. The van der Waals surface area contributed by atoms with Crippen LogP contribution in [0.2, 0.25) is 0 Å². The van der Waals surface area contributed by atoms with Gasteiger partial charge in [0.1, 0.15) is 0 Å². The molecule has 2 N–H and O–H groups in total. The maximum Gasteiger partial charge on any atom is 0.0584 e. The van der Waals surface area contributed by atoms with Crippen LogP contribution in [0.1, 0.15) is 0 Å². The van der Waals surface area contributed by atoms with Gasteiger partial charge in [-0.15, -0.1) is 11.3 Å². The maximum atomic E-state index is 5.83. The third-order valence-corrected chi connectivity index (χ3v) is 4.63. The summed E-state index contributed by atoms with van der Waals surface area (Å²) in [7, 11) is 0. The Morgan fingerprint density at radius 1 is 1.33 bits per heavy atom. The van der Waals surface area contributed by atoms with E-state index in [-0.39, 0.29) is 0 Å². The first kappa shape index (κ1) is 8.53. The number of fused-ring (bicyclic) bond motifs is 1. The van der Waals surface area contributed by atoms with Crippen molar-refractivity contribution in [3.8, 4) is 0 Å². The Hall–Kier alpha value is -0.0600. The standard InChI is InChI=1S/C8H5Br2NS/c9-5-3-6(11)8-4(7(5)10)1-2-12-8/h1-3H,11H2. The molecule has 2 rings (SSSR count). The van der Waals surface area contributed by atoms with Crippen LogP contribution in [-0.2, 0) is 0 Å². The Labute approximate surface area is 90.8 Å². The maximum absolute atomic E-state index is 5.83. The van der Waals surface area contributed by atoms with E-state index in [2.05, 4.69) is 37.9 Å². The minimum Gasteiger partial charge on any atom is -0.398 e. The average Bonchev–Trinajstić information content (AvgIpc) is 2.48. The summed E-state index contributed by atoms with van der Waals surface area (Å²) < 4.78 is 3.23. The van der Waals surface area contributed by atoms with Crippen molar-refractivity contribution in [2.75, 3.05) is 5.73 Å². The van der Waals surface area contributed by atoms with Crippen LogP contribution in [0, 0.1) is 0 Å². The number of nitrogens with two attached hydrogens (primary N) is 1. The lowest BCUT2D eigenvalue weighted by atomic mass is 10.2. The summed E-state index contributed by atoms with van der Waals surface area (Å²) in [6.45, 7) is 0. The number of nitrogen functional groups attached to an aromatic ring is 1. The van der Waals surface area contributed by atoms with Gasteiger partial charge in [0.05, 0.1) is 10.4 Å². The Morgan fingerprint density at radius 3 is 2.83 bits per heavy atom. The molecule has 0 aliphatic heterocycles. The third kappa shape index (κ3) is 1.18. The van der Waals surface area contributed by atoms with Crippen molar-refractivity contribution < 1.29 is 0 Å². The van der Waals surface area contributed by atoms with E-state index in [9.17, 15) is 0 Å². The van der Waals surface area contributed by atoms with E-state index < -0.39 is 0 Å². The summed E-state index contributed by atoms with van der Waals surface area (Å²) in [5, 5.41) is 3.21. The van der Waals surface area contributed by atoms with Crippen LogP contribution >= 0.6 is 43.2 Å². The Bertz CT molecular complexity index is 436. The molecule has 0 saturated heterocycles. The van der Waals surface area contributed by atoms with Crippen LogP contribution in [0.25, 0.3) is 10.1 Å². The van der Waals surface area contributed by atoms with Crippen LogP contribution in [0.4, 0.5) is 5.69 Å². The fraction of sp³-hybridized carbons (Fsp3) is 0. The summed E-state index contributed by atoms with van der Waals surface area (Å²) in [6, 6.07) is 3.98.